The summed E-state index contributed by atoms with van der Waals surface area (Å²) in [6, 6.07) is 6.62. The Hall–Kier alpha value is -2.84. The van der Waals surface area contributed by atoms with Gasteiger partial charge >= 0.3 is 5.97 Å². The summed E-state index contributed by atoms with van der Waals surface area (Å²) in [5.74, 6) is -1.90. The summed E-state index contributed by atoms with van der Waals surface area (Å²) in [5, 5.41) is 17.2. The van der Waals surface area contributed by atoms with Crippen LogP contribution in [-0.2, 0) is 32.4 Å². The van der Waals surface area contributed by atoms with Crippen molar-refractivity contribution in [2.45, 2.75) is 24.6 Å². The van der Waals surface area contributed by atoms with Gasteiger partial charge in [0.1, 0.15) is 23.7 Å². The van der Waals surface area contributed by atoms with Crippen LogP contribution in [0.1, 0.15) is 16.8 Å². The van der Waals surface area contributed by atoms with Crippen molar-refractivity contribution in [1.82, 2.24) is 15.2 Å². The lowest BCUT2D eigenvalue weighted by Crippen LogP contribution is -2.69. The normalized spacial score (nSPS) is 18.8. The number of oxime groups is 1. The molecule has 1 aromatic heterocycles. The number of halogens is 2. The van der Waals surface area contributed by atoms with Crippen LogP contribution in [0.3, 0.4) is 0 Å². The predicted molar refractivity (Wildman–Crippen MR) is 137 cm³/mol. The van der Waals surface area contributed by atoms with E-state index in [1.807, 2.05) is 24.3 Å². The highest BCUT2D eigenvalue weighted by Crippen LogP contribution is 2.36. The fraction of sp³-hybridized carbons (Fsp3) is 0.250. The van der Waals surface area contributed by atoms with Crippen LogP contribution in [0.4, 0.5) is 5.13 Å². The van der Waals surface area contributed by atoms with E-state index in [0.717, 1.165) is 22.5 Å². The van der Waals surface area contributed by atoms with E-state index in [4.69, 9.17) is 21.4 Å². The molecule has 0 saturated carbocycles. The molecule has 1 fully saturated rings. The van der Waals surface area contributed by atoms with Gasteiger partial charge in [0.2, 0.25) is 0 Å². The standard InChI is InChI=1S/C20H20N6O5S2.2ClH/c21-5-10-1-3-11(4-2-10)7-31-25-14(13-9-33-20(22)23-13)16(27)24-15-17(28)26-6-12(19(29)30)8-32-18(15)26;;/h1-4,6,9,15,18H,5,7-8,21H2,(H2,22,23)(H,24,27)(H,29,30);2*1H/t15?,18-;;/m1../s1. The number of aromatic nitrogens is 1. The first-order valence-corrected chi connectivity index (χ1v) is 11.7. The number of fused-ring (bicyclic) bond motifs is 1. The third kappa shape index (κ3) is 6.24. The number of β-lactam (4-membered cyclic amide) rings is 1. The molecule has 2 amide bonds. The highest BCUT2D eigenvalue weighted by Gasteiger charge is 2.50. The number of carbonyl (C=O) groups is 3. The number of rotatable bonds is 8. The Labute approximate surface area is 220 Å². The molecule has 2 atom stereocenters. The number of carbonyl (C=O) groups excluding carboxylic acids is 2. The Morgan fingerprint density at radius 3 is 2.54 bits per heavy atom. The molecule has 15 heteroatoms. The van der Waals surface area contributed by atoms with Crippen LogP contribution in [0.15, 0.2) is 46.6 Å². The molecule has 2 aliphatic heterocycles. The molecule has 6 N–H and O–H groups in total. The van der Waals surface area contributed by atoms with E-state index in [9.17, 15) is 14.4 Å². The number of benzene rings is 1. The summed E-state index contributed by atoms with van der Waals surface area (Å²) < 4.78 is 0. The highest BCUT2D eigenvalue weighted by molar-refractivity contribution is 8.00. The molecule has 0 spiro atoms. The van der Waals surface area contributed by atoms with Gasteiger partial charge in [0, 0.05) is 23.9 Å². The maximum absolute atomic E-state index is 13.0. The third-order valence-electron chi connectivity index (χ3n) is 4.97. The van der Waals surface area contributed by atoms with Crippen molar-refractivity contribution < 1.29 is 24.3 Å². The number of hydrogen-bond donors (Lipinski definition) is 4. The van der Waals surface area contributed by atoms with E-state index in [-0.39, 0.29) is 59.3 Å². The summed E-state index contributed by atoms with van der Waals surface area (Å²) >= 11 is 2.40. The third-order valence-corrected chi connectivity index (χ3v) is 6.96. The lowest BCUT2D eigenvalue weighted by molar-refractivity contribution is -0.144. The van der Waals surface area contributed by atoms with Crippen molar-refractivity contribution >= 4 is 76.5 Å². The minimum absolute atomic E-state index is 0. The van der Waals surface area contributed by atoms with Gasteiger partial charge in [-0.05, 0) is 11.1 Å². The second-order valence-electron chi connectivity index (χ2n) is 7.16. The van der Waals surface area contributed by atoms with Gasteiger partial charge in [-0.3, -0.25) is 9.59 Å². The molecular formula is C20H22Cl2N6O5S2. The molecule has 11 nitrogen and oxygen atoms in total. The monoisotopic (exact) mass is 560 g/mol. The number of amides is 2. The minimum atomic E-state index is -1.08. The largest absolute Gasteiger partial charge is 0.478 e. The van der Waals surface area contributed by atoms with Crippen LogP contribution >= 0.6 is 47.9 Å². The number of nitrogens with zero attached hydrogens (tertiary/aromatic N) is 3. The van der Waals surface area contributed by atoms with E-state index in [1.54, 1.807) is 5.38 Å². The minimum Gasteiger partial charge on any atom is -0.478 e. The number of nitrogen functional groups attached to an aromatic ring is 1. The topological polar surface area (TPSA) is 173 Å². The number of carboxylic acid groups (broad SMARTS) is 1. The number of thioether (sulfide) groups is 1. The molecule has 0 radical (unpaired) electrons. The summed E-state index contributed by atoms with van der Waals surface area (Å²) in [4.78, 5) is 47.4. The molecule has 4 rings (SSSR count). The number of hydrogen-bond acceptors (Lipinski definition) is 10. The summed E-state index contributed by atoms with van der Waals surface area (Å²) in [5.41, 5.74) is 13.3. The molecule has 188 valence electrons. The number of carboxylic acids is 1. The Bertz CT molecular complexity index is 1160. The highest BCUT2D eigenvalue weighted by atomic mass is 35.5. The van der Waals surface area contributed by atoms with E-state index in [0.29, 0.717) is 6.54 Å². The number of nitrogens with two attached hydrogens (primary N) is 2. The van der Waals surface area contributed by atoms with Crippen molar-refractivity contribution in [2.24, 2.45) is 10.9 Å². The zero-order valence-electron chi connectivity index (χ0n) is 17.9. The van der Waals surface area contributed by atoms with E-state index < -0.39 is 29.2 Å². The van der Waals surface area contributed by atoms with Gasteiger partial charge in [-0.1, -0.05) is 29.4 Å². The summed E-state index contributed by atoms with van der Waals surface area (Å²) in [6.45, 7) is 0.539. The summed E-state index contributed by atoms with van der Waals surface area (Å²) in [6.07, 6.45) is 1.31. The van der Waals surface area contributed by atoms with Gasteiger partial charge < -0.3 is 31.6 Å². The van der Waals surface area contributed by atoms with Gasteiger partial charge in [-0.15, -0.1) is 47.9 Å². The number of anilines is 1. The molecule has 0 aliphatic carbocycles. The van der Waals surface area contributed by atoms with Crippen LogP contribution in [0.25, 0.3) is 0 Å². The zero-order valence-corrected chi connectivity index (χ0v) is 21.2. The fourth-order valence-corrected chi connectivity index (χ4v) is 4.98. The number of thiazole rings is 1. The van der Waals surface area contributed by atoms with Gasteiger partial charge in [-0.2, -0.15) is 0 Å². The second-order valence-corrected chi connectivity index (χ2v) is 9.16. The number of aliphatic carboxylic acids is 1. The van der Waals surface area contributed by atoms with E-state index in [1.165, 1.54) is 22.9 Å². The molecular weight excluding hydrogens is 539 g/mol. The lowest BCUT2D eigenvalue weighted by Gasteiger charge is -2.46. The van der Waals surface area contributed by atoms with Gasteiger partial charge in [0.05, 0.1) is 5.57 Å². The quantitative estimate of drug-likeness (QED) is 0.211. The van der Waals surface area contributed by atoms with Crippen molar-refractivity contribution in [1.29, 1.82) is 0 Å². The zero-order chi connectivity index (χ0) is 23.5. The molecule has 3 heterocycles. The number of nitrogens with one attached hydrogen (secondary N) is 1. The molecule has 2 aliphatic rings. The van der Waals surface area contributed by atoms with Crippen molar-refractivity contribution in [2.75, 3.05) is 11.5 Å². The molecule has 2 aromatic rings. The average Bonchev–Trinajstić information content (AvgIpc) is 3.25. The van der Waals surface area contributed by atoms with Crippen molar-refractivity contribution in [3.8, 4) is 0 Å². The van der Waals surface area contributed by atoms with Gasteiger partial charge in [0.15, 0.2) is 10.8 Å². The maximum atomic E-state index is 13.0. The Morgan fingerprint density at radius 1 is 1.26 bits per heavy atom. The molecule has 1 aromatic carbocycles. The molecule has 1 unspecified atom stereocenters. The van der Waals surface area contributed by atoms with Crippen LogP contribution < -0.4 is 16.8 Å². The van der Waals surface area contributed by atoms with E-state index in [2.05, 4.69) is 15.5 Å². The predicted octanol–water partition coefficient (Wildman–Crippen LogP) is 1.32. The second kappa shape index (κ2) is 12.2. The average molecular weight is 561 g/mol. The van der Waals surface area contributed by atoms with Crippen LogP contribution in [0, 0.1) is 0 Å². The SMILES string of the molecule is Cl.Cl.NCc1ccc(CON=C(C(=O)NC2C(=O)N3C=C(C(=O)O)CS[C@H]23)c2csc(N)n2)cc1. The van der Waals surface area contributed by atoms with Crippen molar-refractivity contribution in [3.05, 3.63) is 58.2 Å². The van der Waals surface area contributed by atoms with Gasteiger partial charge in [0.25, 0.3) is 11.8 Å². The molecule has 1 saturated heterocycles. The fourth-order valence-electron chi connectivity index (χ4n) is 3.18. The van der Waals surface area contributed by atoms with Crippen molar-refractivity contribution in [3.63, 3.8) is 0 Å². The first-order chi connectivity index (χ1) is 15.9. The maximum Gasteiger partial charge on any atom is 0.333 e. The molecule has 0 bridgehead atoms. The van der Waals surface area contributed by atoms with E-state index >= 15 is 0 Å². The Morgan fingerprint density at radius 2 is 1.94 bits per heavy atom. The lowest BCUT2D eigenvalue weighted by atomic mass is 10.1. The van der Waals surface area contributed by atoms with Gasteiger partial charge in [-0.25, -0.2) is 9.78 Å². The first-order valence-electron chi connectivity index (χ1n) is 9.75. The Kier molecular flexibility index (Phi) is 9.92. The van der Waals surface area contributed by atoms with Crippen LogP contribution in [-0.4, -0.2) is 55.7 Å². The van der Waals surface area contributed by atoms with Crippen LogP contribution in [0.2, 0.25) is 0 Å². The summed E-state index contributed by atoms with van der Waals surface area (Å²) in [7, 11) is 0. The first kappa shape index (κ1) is 28.4. The Balaban J connectivity index is 0.00000216. The smallest absolute Gasteiger partial charge is 0.333 e. The molecule has 35 heavy (non-hydrogen) atoms. The van der Waals surface area contributed by atoms with Crippen LogP contribution in [0.5, 0.6) is 0 Å².